The van der Waals surface area contributed by atoms with Crippen molar-refractivity contribution in [1.29, 1.82) is 0 Å². The molecule has 20 heavy (non-hydrogen) atoms. The molecule has 4 heteroatoms. The largest absolute Gasteiger partial charge is 0.493 e. The first-order valence-electron chi connectivity index (χ1n) is 6.59. The van der Waals surface area contributed by atoms with Crippen LogP contribution in [0.25, 0.3) is 0 Å². The first-order valence-corrected chi connectivity index (χ1v) is 6.96. The normalized spacial score (nSPS) is 10.3. The summed E-state index contributed by atoms with van der Waals surface area (Å²) in [6.45, 7) is 1.73. The molecule has 2 aromatic rings. The van der Waals surface area contributed by atoms with E-state index in [4.69, 9.17) is 26.8 Å². The van der Waals surface area contributed by atoms with Crippen molar-refractivity contribution in [1.82, 2.24) is 0 Å². The van der Waals surface area contributed by atoms with Crippen LogP contribution in [-0.4, -0.2) is 13.2 Å². The Labute approximate surface area is 124 Å². The lowest BCUT2D eigenvalue weighted by atomic mass is 10.2. The van der Waals surface area contributed by atoms with Crippen LogP contribution in [0.2, 0.25) is 5.02 Å². The Morgan fingerprint density at radius 1 is 0.900 bits per heavy atom. The Kier molecular flexibility index (Phi) is 5.71. The number of halogens is 1. The summed E-state index contributed by atoms with van der Waals surface area (Å²) >= 11 is 6.00. The number of hydrogen-bond acceptors (Lipinski definition) is 3. The van der Waals surface area contributed by atoms with Gasteiger partial charge in [-0.3, -0.25) is 0 Å². The number of benzene rings is 2. The maximum absolute atomic E-state index is 6.00. The molecule has 0 saturated heterocycles. The summed E-state index contributed by atoms with van der Waals surface area (Å²) in [6.07, 6.45) is 0.795. The first-order chi connectivity index (χ1) is 9.79. The van der Waals surface area contributed by atoms with Crippen molar-refractivity contribution in [2.24, 2.45) is 5.73 Å². The molecular formula is C16H18ClNO2. The molecule has 0 aromatic heterocycles. The van der Waals surface area contributed by atoms with E-state index in [-0.39, 0.29) is 0 Å². The lowest BCUT2D eigenvalue weighted by Gasteiger charge is -2.09. The molecule has 0 bridgehead atoms. The minimum absolute atomic E-state index is 0.548. The van der Waals surface area contributed by atoms with E-state index in [9.17, 15) is 0 Å². The topological polar surface area (TPSA) is 44.5 Å². The number of ether oxygens (including phenoxy) is 2. The predicted octanol–water partition coefficient (Wildman–Crippen LogP) is 3.65. The first kappa shape index (κ1) is 14.7. The van der Waals surface area contributed by atoms with Gasteiger partial charge < -0.3 is 15.2 Å². The van der Waals surface area contributed by atoms with Crippen LogP contribution in [0.1, 0.15) is 12.0 Å². The van der Waals surface area contributed by atoms with Gasteiger partial charge in [0.25, 0.3) is 0 Å². The second-order valence-corrected chi connectivity index (χ2v) is 4.74. The molecule has 0 unspecified atom stereocenters. The molecular weight excluding hydrogens is 274 g/mol. The fourth-order valence-corrected chi connectivity index (χ4v) is 1.90. The maximum atomic E-state index is 6.00. The highest BCUT2D eigenvalue weighted by Gasteiger charge is 1.99. The second kappa shape index (κ2) is 7.78. The van der Waals surface area contributed by atoms with Crippen LogP contribution in [0, 0.1) is 0 Å². The van der Waals surface area contributed by atoms with Crippen molar-refractivity contribution in [3.8, 4) is 11.5 Å². The average Bonchev–Trinajstić information content (AvgIpc) is 2.49. The van der Waals surface area contributed by atoms with Gasteiger partial charge in [-0.15, -0.1) is 0 Å². The lowest BCUT2D eigenvalue weighted by Crippen LogP contribution is -2.05. The zero-order valence-corrected chi connectivity index (χ0v) is 12.0. The quantitative estimate of drug-likeness (QED) is 0.792. The van der Waals surface area contributed by atoms with E-state index >= 15 is 0 Å². The summed E-state index contributed by atoms with van der Waals surface area (Å²) in [6, 6.07) is 15.2. The SMILES string of the molecule is NCc1ccc(OCCCOc2ccccc2Cl)cc1. The van der Waals surface area contributed by atoms with Gasteiger partial charge in [0.1, 0.15) is 11.5 Å². The molecule has 2 N–H and O–H groups in total. The third kappa shape index (κ3) is 4.44. The van der Waals surface area contributed by atoms with Crippen molar-refractivity contribution in [2.45, 2.75) is 13.0 Å². The van der Waals surface area contributed by atoms with Gasteiger partial charge >= 0.3 is 0 Å². The third-order valence-corrected chi connectivity index (χ3v) is 3.12. The van der Waals surface area contributed by atoms with Gasteiger partial charge in [-0.1, -0.05) is 35.9 Å². The minimum atomic E-state index is 0.548. The Hall–Kier alpha value is -1.71. The fourth-order valence-electron chi connectivity index (χ4n) is 1.71. The Morgan fingerprint density at radius 2 is 1.60 bits per heavy atom. The van der Waals surface area contributed by atoms with Gasteiger partial charge in [0, 0.05) is 13.0 Å². The third-order valence-electron chi connectivity index (χ3n) is 2.81. The van der Waals surface area contributed by atoms with Crippen LogP contribution in [0.5, 0.6) is 11.5 Å². The standard InChI is InChI=1S/C16H18ClNO2/c17-15-4-1-2-5-16(15)20-11-3-10-19-14-8-6-13(12-18)7-9-14/h1-2,4-9H,3,10-12,18H2. The molecule has 0 aliphatic rings. The Balaban J connectivity index is 1.67. The van der Waals surface area contributed by atoms with Gasteiger partial charge in [0.05, 0.1) is 18.2 Å². The maximum Gasteiger partial charge on any atom is 0.137 e. The molecule has 0 aliphatic carbocycles. The van der Waals surface area contributed by atoms with Crippen molar-refractivity contribution in [3.05, 3.63) is 59.1 Å². The van der Waals surface area contributed by atoms with E-state index in [2.05, 4.69) is 0 Å². The number of para-hydroxylation sites is 1. The number of nitrogens with two attached hydrogens (primary N) is 1. The van der Waals surface area contributed by atoms with Gasteiger partial charge in [-0.2, -0.15) is 0 Å². The Bertz CT molecular complexity index is 528. The molecule has 0 saturated carbocycles. The predicted molar refractivity (Wildman–Crippen MR) is 81.4 cm³/mol. The zero-order valence-electron chi connectivity index (χ0n) is 11.2. The van der Waals surface area contributed by atoms with Crippen LogP contribution in [0.4, 0.5) is 0 Å². The van der Waals surface area contributed by atoms with Crippen LogP contribution < -0.4 is 15.2 Å². The van der Waals surface area contributed by atoms with Crippen LogP contribution in [0.15, 0.2) is 48.5 Å². The Morgan fingerprint density at radius 3 is 2.30 bits per heavy atom. The lowest BCUT2D eigenvalue weighted by molar-refractivity contribution is 0.247. The summed E-state index contributed by atoms with van der Waals surface area (Å²) in [4.78, 5) is 0. The van der Waals surface area contributed by atoms with E-state index in [1.807, 2.05) is 48.5 Å². The molecule has 0 radical (unpaired) electrons. The molecule has 106 valence electrons. The van der Waals surface area contributed by atoms with Crippen molar-refractivity contribution in [3.63, 3.8) is 0 Å². The molecule has 0 aliphatic heterocycles. The monoisotopic (exact) mass is 291 g/mol. The van der Waals surface area contributed by atoms with E-state index in [0.29, 0.717) is 30.5 Å². The van der Waals surface area contributed by atoms with E-state index in [1.165, 1.54) is 0 Å². The summed E-state index contributed by atoms with van der Waals surface area (Å²) in [5, 5.41) is 0.630. The summed E-state index contributed by atoms with van der Waals surface area (Å²) in [5.74, 6) is 1.56. The van der Waals surface area contributed by atoms with Crippen LogP contribution >= 0.6 is 11.6 Å². The van der Waals surface area contributed by atoms with E-state index in [1.54, 1.807) is 0 Å². The number of hydrogen-bond donors (Lipinski definition) is 1. The van der Waals surface area contributed by atoms with Crippen molar-refractivity contribution < 1.29 is 9.47 Å². The average molecular weight is 292 g/mol. The summed E-state index contributed by atoms with van der Waals surface area (Å²) in [5.41, 5.74) is 6.64. The number of rotatable bonds is 7. The minimum Gasteiger partial charge on any atom is -0.493 e. The molecule has 0 fully saturated rings. The molecule has 0 heterocycles. The van der Waals surface area contributed by atoms with Gasteiger partial charge in [0.15, 0.2) is 0 Å². The highest BCUT2D eigenvalue weighted by molar-refractivity contribution is 6.32. The molecule has 0 spiro atoms. The van der Waals surface area contributed by atoms with Crippen LogP contribution in [0.3, 0.4) is 0 Å². The molecule has 0 atom stereocenters. The molecule has 2 rings (SSSR count). The smallest absolute Gasteiger partial charge is 0.137 e. The summed E-state index contributed by atoms with van der Waals surface area (Å²) < 4.78 is 11.2. The summed E-state index contributed by atoms with van der Waals surface area (Å²) in [7, 11) is 0. The second-order valence-electron chi connectivity index (χ2n) is 4.33. The molecule has 0 amide bonds. The van der Waals surface area contributed by atoms with Gasteiger partial charge in [-0.05, 0) is 29.8 Å². The zero-order chi connectivity index (χ0) is 14.2. The van der Waals surface area contributed by atoms with Gasteiger partial charge in [-0.25, -0.2) is 0 Å². The van der Waals surface area contributed by atoms with Crippen LogP contribution in [-0.2, 0) is 6.54 Å². The highest BCUT2D eigenvalue weighted by atomic mass is 35.5. The molecule has 3 nitrogen and oxygen atoms in total. The molecule has 2 aromatic carbocycles. The van der Waals surface area contributed by atoms with E-state index < -0.39 is 0 Å². The van der Waals surface area contributed by atoms with E-state index in [0.717, 1.165) is 17.7 Å². The van der Waals surface area contributed by atoms with Crippen molar-refractivity contribution >= 4 is 11.6 Å². The highest BCUT2D eigenvalue weighted by Crippen LogP contribution is 2.23. The van der Waals surface area contributed by atoms with Crippen molar-refractivity contribution in [2.75, 3.05) is 13.2 Å². The fraction of sp³-hybridized carbons (Fsp3) is 0.250. The van der Waals surface area contributed by atoms with Gasteiger partial charge in [0.2, 0.25) is 0 Å².